The Hall–Kier alpha value is -2.27. The average Bonchev–Trinajstić information content (AvgIpc) is 2.89. The minimum absolute atomic E-state index is 0.257. The first kappa shape index (κ1) is 29.3. The molecule has 0 aromatic heterocycles. The van der Waals surface area contributed by atoms with E-state index in [1.807, 2.05) is 79.7 Å². The zero-order valence-electron chi connectivity index (χ0n) is 21.2. The van der Waals surface area contributed by atoms with E-state index in [2.05, 4.69) is 32.0 Å². The Kier molecular flexibility index (Phi) is 10.7. The quantitative estimate of drug-likeness (QED) is 0.180. The van der Waals surface area contributed by atoms with Gasteiger partial charge in [0, 0.05) is 33.9 Å². The van der Waals surface area contributed by atoms with Crippen molar-refractivity contribution in [1.82, 2.24) is 0 Å². The van der Waals surface area contributed by atoms with E-state index < -0.39 is 14.7 Å². The standard InChI is InChI=1S/C30H29NO2.3ClH.Ti/c1-21-18-22(29(32)26(19-21)30(2,3)23-12-6-5-7-13-23)20-31-27-16-10-8-14-24(27)25-15-9-11-17-28(25)33-4;;;;/h5-20,32H,1-4H3;3*1H;/q;;;;+3/p-3. The summed E-state index contributed by atoms with van der Waals surface area (Å²) in [5.41, 5.74) is 6.22. The Balaban J connectivity index is 0.000000886. The zero-order valence-corrected chi connectivity index (χ0v) is 25.0. The summed E-state index contributed by atoms with van der Waals surface area (Å²) >= 11 is -1.92. The van der Waals surface area contributed by atoms with Crippen molar-refractivity contribution in [3.63, 3.8) is 0 Å². The molecule has 0 amide bonds. The Labute approximate surface area is 237 Å². The molecule has 0 fully saturated rings. The van der Waals surface area contributed by atoms with Gasteiger partial charge in [-0.3, -0.25) is 4.99 Å². The van der Waals surface area contributed by atoms with Crippen LogP contribution in [-0.4, -0.2) is 18.4 Å². The maximum absolute atomic E-state index is 11.2. The number of nitrogens with zero attached hydrogens (tertiary/aromatic N) is 1. The van der Waals surface area contributed by atoms with Gasteiger partial charge in [-0.25, -0.2) is 0 Å². The van der Waals surface area contributed by atoms with Crippen LogP contribution in [0.5, 0.6) is 11.5 Å². The van der Waals surface area contributed by atoms with E-state index >= 15 is 0 Å². The van der Waals surface area contributed by atoms with Crippen molar-refractivity contribution >= 4 is 39.8 Å². The number of ether oxygens (including phenoxy) is 1. The average molecular weight is 590 g/mol. The first-order chi connectivity index (χ1) is 17.6. The van der Waals surface area contributed by atoms with E-state index in [1.54, 1.807) is 13.3 Å². The van der Waals surface area contributed by atoms with Gasteiger partial charge in [-0.15, -0.1) is 0 Å². The zero-order chi connectivity index (χ0) is 27.0. The molecule has 0 atom stereocenters. The third-order valence-electron chi connectivity index (χ3n) is 6.10. The van der Waals surface area contributed by atoms with Crippen LogP contribution in [0.3, 0.4) is 0 Å². The molecule has 0 spiro atoms. The summed E-state index contributed by atoms with van der Waals surface area (Å²) in [5.74, 6) is 1.05. The molecule has 0 saturated heterocycles. The van der Waals surface area contributed by atoms with Crippen LogP contribution in [0.4, 0.5) is 5.69 Å². The van der Waals surface area contributed by atoms with Crippen molar-refractivity contribution in [2.45, 2.75) is 26.2 Å². The fourth-order valence-electron chi connectivity index (χ4n) is 4.21. The van der Waals surface area contributed by atoms with Gasteiger partial charge < -0.3 is 9.84 Å². The number of halogens is 3. The second kappa shape index (κ2) is 13.5. The van der Waals surface area contributed by atoms with Crippen LogP contribution in [0.2, 0.25) is 0 Å². The minimum atomic E-state index is -1.92. The van der Waals surface area contributed by atoms with E-state index in [0.717, 1.165) is 39.3 Å². The number of benzene rings is 4. The van der Waals surface area contributed by atoms with Crippen LogP contribution in [0.1, 0.15) is 36.1 Å². The molecule has 7 heteroatoms. The van der Waals surface area contributed by atoms with Gasteiger partial charge in [0.25, 0.3) is 0 Å². The predicted molar refractivity (Wildman–Crippen MR) is 155 cm³/mol. The normalized spacial score (nSPS) is 11.1. The van der Waals surface area contributed by atoms with Gasteiger partial charge in [0.2, 0.25) is 0 Å². The Morgan fingerprint density at radius 3 is 2.05 bits per heavy atom. The van der Waals surface area contributed by atoms with Gasteiger partial charge in [-0.2, -0.15) is 0 Å². The SMILES string of the molecule is COc1ccccc1-c1ccccc1N=Cc1cc(C)cc(C(C)(C)c2ccccc2)c1O.[Cl][Ti]([Cl])[Cl]. The molecule has 0 aliphatic carbocycles. The molecule has 0 unspecified atom stereocenters. The second-order valence-electron chi connectivity index (χ2n) is 8.93. The molecule has 0 bridgehead atoms. The van der Waals surface area contributed by atoms with Crippen molar-refractivity contribution in [2.24, 2.45) is 4.99 Å². The first-order valence-electron chi connectivity index (χ1n) is 11.6. The van der Waals surface area contributed by atoms with Gasteiger partial charge >= 0.3 is 42.6 Å². The van der Waals surface area contributed by atoms with Gasteiger partial charge in [-0.05, 0) is 36.2 Å². The van der Waals surface area contributed by atoms with E-state index in [4.69, 9.17) is 37.6 Å². The van der Waals surface area contributed by atoms with Crippen molar-refractivity contribution in [2.75, 3.05) is 7.11 Å². The molecule has 0 saturated carbocycles. The molecule has 1 N–H and O–H groups in total. The van der Waals surface area contributed by atoms with Crippen LogP contribution in [-0.2, 0) is 20.1 Å². The van der Waals surface area contributed by atoms with Gasteiger partial charge in [0.05, 0.1) is 12.8 Å². The summed E-state index contributed by atoms with van der Waals surface area (Å²) in [7, 11) is 16.6. The summed E-state index contributed by atoms with van der Waals surface area (Å²) in [6.07, 6.45) is 1.75. The molecule has 0 heterocycles. The van der Waals surface area contributed by atoms with Crippen molar-refractivity contribution < 1.29 is 24.5 Å². The van der Waals surface area contributed by atoms with Crippen LogP contribution in [0.15, 0.2) is 96.0 Å². The predicted octanol–water partition coefficient (Wildman–Crippen LogP) is 9.52. The topological polar surface area (TPSA) is 41.8 Å². The van der Waals surface area contributed by atoms with Crippen molar-refractivity contribution in [3.05, 3.63) is 113 Å². The summed E-state index contributed by atoms with van der Waals surface area (Å²) in [5, 5.41) is 11.2. The molecule has 3 nitrogen and oxygen atoms in total. The van der Waals surface area contributed by atoms with Crippen LogP contribution < -0.4 is 4.74 Å². The molecule has 4 aromatic rings. The molecular formula is C30H29Cl3NO2Ti. The molecular weight excluding hydrogens is 561 g/mol. The molecule has 0 aliphatic heterocycles. The summed E-state index contributed by atoms with van der Waals surface area (Å²) < 4.78 is 5.56. The molecule has 0 aliphatic rings. The van der Waals surface area contributed by atoms with Crippen LogP contribution >= 0.6 is 27.9 Å². The number of phenolic OH excluding ortho intramolecular Hbond substituents is 1. The number of hydrogen-bond donors (Lipinski definition) is 1. The van der Waals surface area contributed by atoms with Crippen molar-refractivity contribution in [1.29, 1.82) is 0 Å². The van der Waals surface area contributed by atoms with E-state index in [0.29, 0.717) is 5.56 Å². The first-order valence-corrected chi connectivity index (χ1v) is 18.1. The number of methoxy groups -OCH3 is 1. The Morgan fingerprint density at radius 2 is 1.41 bits per heavy atom. The maximum atomic E-state index is 11.2. The molecule has 4 aromatic carbocycles. The fraction of sp³-hybridized carbons (Fsp3) is 0.167. The monoisotopic (exact) mass is 588 g/mol. The summed E-state index contributed by atoms with van der Waals surface area (Å²) in [6.45, 7) is 6.31. The number of para-hydroxylation sites is 2. The molecule has 191 valence electrons. The Bertz CT molecular complexity index is 1360. The molecule has 4 rings (SSSR count). The number of phenols is 1. The van der Waals surface area contributed by atoms with E-state index in [9.17, 15) is 5.11 Å². The number of aryl methyl sites for hydroxylation is 1. The molecule has 37 heavy (non-hydrogen) atoms. The van der Waals surface area contributed by atoms with E-state index in [-0.39, 0.29) is 11.2 Å². The van der Waals surface area contributed by atoms with Gasteiger partial charge in [0.15, 0.2) is 0 Å². The van der Waals surface area contributed by atoms with Crippen LogP contribution in [0, 0.1) is 6.92 Å². The Morgan fingerprint density at radius 1 is 0.838 bits per heavy atom. The van der Waals surface area contributed by atoms with Gasteiger partial charge in [-0.1, -0.05) is 86.6 Å². The summed E-state index contributed by atoms with van der Waals surface area (Å²) in [6, 6.07) is 30.2. The van der Waals surface area contributed by atoms with Crippen molar-refractivity contribution in [3.8, 4) is 22.6 Å². The third-order valence-corrected chi connectivity index (χ3v) is 6.10. The number of aliphatic imine (C=N–C) groups is 1. The third kappa shape index (κ3) is 7.63. The number of rotatable bonds is 6. The summed E-state index contributed by atoms with van der Waals surface area (Å²) in [4.78, 5) is 4.79. The number of hydrogen-bond acceptors (Lipinski definition) is 3. The van der Waals surface area contributed by atoms with Gasteiger partial charge in [0.1, 0.15) is 11.5 Å². The number of aromatic hydroxyl groups is 1. The van der Waals surface area contributed by atoms with Crippen LogP contribution in [0.25, 0.3) is 11.1 Å². The second-order valence-corrected chi connectivity index (χ2v) is 16.7. The molecule has 0 radical (unpaired) electrons. The fourth-order valence-corrected chi connectivity index (χ4v) is 4.21. The van der Waals surface area contributed by atoms with E-state index in [1.165, 1.54) is 0 Å².